The third-order valence-electron chi connectivity index (χ3n) is 1.39. The molecule has 0 aromatic heterocycles. The van der Waals surface area contributed by atoms with E-state index in [1.54, 1.807) is 24.3 Å². The Labute approximate surface area is 82.1 Å². The first-order chi connectivity index (χ1) is 6.58. The number of hydrogen-bond donors (Lipinski definition) is 1. The van der Waals surface area contributed by atoms with Gasteiger partial charge in [0, 0.05) is 6.92 Å². The van der Waals surface area contributed by atoms with E-state index >= 15 is 0 Å². The fourth-order valence-electron chi connectivity index (χ4n) is 0.949. The molecule has 0 heterocycles. The van der Waals surface area contributed by atoms with Crippen molar-refractivity contribution in [2.45, 2.75) is 20.1 Å². The van der Waals surface area contributed by atoms with Gasteiger partial charge < -0.3 is 14.6 Å². The van der Waals surface area contributed by atoms with Gasteiger partial charge in [-0.3, -0.25) is 4.79 Å². The van der Waals surface area contributed by atoms with Crippen molar-refractivity contribution in [2.75, 3.05) is 0 Å². The molecule has 14 heavy (non-hydrogen) atoms. The maximum atomic E-state index is 10.6. The minimum Gasteiger partial charge on any atom is -0.465 e. The molecule has 0 bridgehead atoms. The molecule has 0 saturated carbocycles. The third kappa shape index (κ3) is 3.45. The van der Waals surface area contributed by atoms with Crippen LogP contribution in [0.25, 0.3) is 0 Å². The molecule has 0 saturated heterocycles. The lowest BCUT2D eigenvalue weighted by Gasteiger charge is -2.08. The van der Waals surface area contributed by atoms with Crippen LogP contribution in [0.3, 0.4) is 0 Å². The molecule has 0 radical (unpaired) electrons. The average Bonchev–Trinajstić information content (AvgIpc) is 2.06. The molecule has 0 spiro atoms. The fourth-order valence-corrected chi connectivity index (χ4v) is 0.949. The number of esters is 1. The molecule has 1 rings (SSSR count). The van der Waals surface area contributed by atoms with Crippen molar-refractivity contribution < 1.29 is 19.4 Å². The van der Waals surface area contributed by atoms with Gasteiger partial charge in [-0.25, -0.2) is 0 Å². The van der Waals surface area contributed by atoms with Gasteiger partial charge in [0.25, 0.3) is 0 Å². The molecular weight excluding hydrogens is 184 g/mol. The fraction of sp³-hybridized carbons (Fsp3) is 0.300. The monoisotopic (exact) mass is 196 g/mol. The topological polar surface area (TPSA) is 55.8 Å². The van der Waals surface area contributed by atoms with Crippen LogP contribution in [-0.4, -0.2) is 17.4 Å². The van der Waals surface area contributed by atoms with Crippen LogP contribution in [0.2, 0.25) is 0 Å². The van der Waals surface area contributed by atoms with Crippen molar-refractivity contribution in [1.82, 2.24) is 0 Å². The first-order valence-corrected chi connectivity index (χ1v) is 4.21. The number of carbonyl (C=O) groups excluding carboxylic acids is 1. The number of aliphatic hydroxyl groups is 1. The molecule has 1 N–H and O–H groups in total. The van der Waals surface area contributed by atoms with Crippen molar-refractivity contribution in [3.8, 4) is 11.5 Å². The number of ether oxygens (including phenoxy) is 2. The average molecular weight is 196 g/mol. The molecule has 1 unspecified atom stereocenters. The molecule has 0 aliphatic rings. The van der Waals surface area contributed by atoms with Crippen molar-refractivity contribution in [3.63, 3.8) is 0 Å². The summed E-state index contributed by atoms with van der Waals surface area (Å²) in [6.07, 6.45) is -0.852. The van der Waals surface area contributed by atoms with Gasteiger partial charge in [0.05, 0.1) is 0 Å². The molecule has 4 heteroatoms. The second kappa shape index (κ2) is 4.62. The molecule has 0 aliphatic heterocycles. The lowest BCUT2D eigenvalue weighted by Crippen LogP contribution is -2.09. The summed E-state index contributed by atoms with van der Waals surface area (Å²) in [6, 6.07) is 6.42. The van der Waals surface area contributed by atoms with Crippen LogP contribution in [0.5, 0.6) is 11.5 Å². The number of carbonyl (C=O) groups is 1. The Kier molecular flexibility index (Phi) is 3.48. The van der Waals surface area contributed by atoms with E-state index in [1.165, 1.54) is 13.8 Å². The van der Waals surface area contributed by atoms with Crippen molar-refractivity contribution in [1.29, 1.82) is 0 Å². The Bertz CT molecular complexity index is 302. The zero-order valence-corrected chi connectivity index (χ0v) is 8.06. The van der Waals surface area contributed by atoms with E-state index < -0.39 is 6.29 Å². The van der Waals surface area contributed by atoms with Crippen LogP contribution in [0.15, 0.2) is 24.3 Å². The predicted octanol–water partition coefficient (Wildman–Crippen LogP) is 1.33. The summed E-state index contributed by atoms with van der Waals surface area (Å²) >= 11 is 0. The van der Waals surface area contributed by atoms with E-state index in [-0.39, 0.29) is 5.97 Å². The summed E-state index contributed by atoms with van der Waals surface area (Å²) in [5.74, 6) is 0.612. The van der Waals surface area contributed by atoms with Crippen LogP contribution in [0, 0.1) is 0 Å². The summed E-state index contributed by atoms with van der Waals surface area (Å²) in [5.41, 5.74) is 0. The molecule has 1 atom stereocenters. The van der Waals surface area contributed by atoms with Crippen molar-refractivity contribution >= 4 is 5.97 Å². The molecule has 0 amide bonds. The smallest absolute Gasteiger partial charge is 0.308 e. The van der Waals surface area contributed by atoms with Crippen LogP contribution >= 0.6 is 0 Å². The lowest BCUT2D eigenvalue weighted by atomic mass is 10.3. The van der Waals surface area contributed by atoms with E-state index in [2.05, 4.69) is 0 Å². The Balaban J connectivity index is 2.63. The van der Waals surface area contributed by atoms with E-state index in [1.807, 2.05) is 0 Å². The predicted molar refractivity (Wildman–Crippen MR) is 50.1 cm³/mol. The van der Waals surface area contributed by atoms with Crippen LogP contribution < -0.4 is 9.47 Å². The molecule has 4 nitrogen and oxygen atoms in total. The zero-order valence-electron chi connectivity index (χ0n) is 8.06. The SMILES string of the molecule is CC(=O)Oc1ccc(OC(C)O)cc1. The number of hydrogen-bond acceptors (Lipinski definition) is 4. The maximum absolute atomic E-state index is 10.6. The van der Waals surface area contributed by atoms with Gasteiger partial charge in [-0.1, -0.05) is 0 Å². The Morgan fingerprint density at radius 1 is 1.29 bits per heavy atom. The van der Waals surface area contributed by atoms with Gasteiger partial charge >= 0.3 is 5.97 Å². The van der Waals surface area contributed by atoms with E-state index in [0.717, 1.165) is 0 Å². The Morgan fingerprint density at radius 3 is 2.21 bits per heavy atom. The lowest BCUT2D eigenvalue weighted by molar-refractivity contribution is -0.131. The molecular formula is C10H12O4. The van der Waals surface area contributed by atoms with Gasteiger partial charge in [-0.2, -0.15) is 0 Å². The Morgan fingerprint density at radius 2 is 1.79 bits per heavy atom. The van der Waals surface area contributed by atoms with Crippen molar-refractivity contribution in [3.05, 3.63) is 24.3 Å². The Hall–Kier alpha value is -1.55. The summed E-state index contributed by atoms with van der Waals surface area (Å²) < 4.78 is 9.81. The van der Waals surface area contributed by atoms with Gasteiger partial charge in [0.1, 0.15) is 11.5 Å². The summed E-state index contributed by atoms with van der Waals surface area (Å²) in [5, 5.41) is 8.91. The minimum absolute atomic E-state index is 0.366. The van der Waals surface area contributed by atoms with Gasteiger partial charge in [0.2, 0.25) is 0 Å². The standard InChI is InChI=1S/C10H12O4/c1-7(11)13-9-3-5-10(6-4-9)14-8(2)12/h3-7,11H,1-2H3. The minimum atomic E-state index is -0.852. The van der Waals surface area contributed by atoms with Crippen molar-refractivity contribution in [2.24, 2.45) is 0 Å². The summed E-state index contributed by atoms with van der Waals surface area (Å²) in [6.45, 7) is 2.85. The zero-order chi connectivity index (χ0) is 10.6. The molecule has 76 valence electrons. The summed E-state index contributed by atoms with van der Waals surface area (Å²) in [4.78, 5) is 10.6. The van der Waals surface area contributed by atoms with E-state index in [9.17, 15) is 4.79 Å². The summed E-state index contributed by atoms with van der Waals surface area (Å²) in [7, 11) is 0. The number of benzene rings is 1. The highest BCUT2D eigenvalue weighted by molar-refractivity contribution is 5.69. The van der Waals surface area contributed by atoms with E-state index in [0.29, 0.717) is 11.5 Å². The first kappa shape index (κ1) is 10.5. The third-order valence-corrected chi connectivity index (χ3v) is 1.39. The van der Waals surface area contributed by atoms with Crippen LogP contribution in [0.1, 0.15) is 13.8 Å². The van der Waals surface area contributed by atoms with Crippen LogP contribution in [0.4, 0.5) is 0 Å². The first-order valence-electron chi connectivity index (χ1n) is 4.21. The molecule has 0 fully saturated rings. The number of rotatable bonds is 3. The van der Waals surface area contributed by atoms with Gasteiger partial charge in [-0.05, 0) is 31.2 Å². The highest BCUT2D eigenvalue weighted by atomic mass is 16.6. The van der Waals surface area contributed by atoms with E-state index in [4.69, 9.17) is 14.6 Å². The van der Waals surface area contributed by atoms with Crippen LogP contribution in [-0.2, 0) is 4.79 Å². The van der Waals surface area contributed by atoms with Gasteiger partial charge in [-0.15, -0.1) is 0 Å². The van der Waals surface area contributed by atoms with Gasteiger partial charge in [0.15, 0.2) is 6.29 Å². The highest BCUT2D eigenvalue weighted by Crippen LogP contribution is 2.18. The molecule has 0 aliphatic carbocycles. The molecule has 1 aromatic carbocycles. The number of aliphatic hydroxyl groups excluding tert-OH is 1. The molecule has 1 aromatic rings. The second-order valence-corrected chi connectivity index (χ2v) is 2.78. The quantitative estimate of drug-likeness (QED) is 0.450. The highest BCUT2D eigenvalue weighted by Gasteiger charge is 2.00. The second-order valence-electron chi connectivity index (χ2n) is 2.78. The normalized spacial score (nSPS) is 11.9. The largest absolute Gasteiger partial charge is 0.465 e. The maximum Gasteiger partial charge on any atom is 0.308 e.